The summed E-state index contributed by atoms with van der Waals surface area (Å²) < 4.78 is 24.3. The smallest absolute Gasteiger partial charge is 0.253 e. The molecule has 2 fully saturated rings. The number of nitrogens with zero attached hydrogens (tertiary/aromatic N) is 2. The summed E-state index contributed by atoms with van der Waals surface area (Å²) in [5, 5.41) is 2.97. The second kappa shape index (κ2) is 9.93. The first kappa shape index (κ1) is 23.1. The van der Waals surface area contributed by atoms with Crippen LogP contribution in [-0.4, -0.2) is 66.5 Å². The molecule has 35 heavy (non-hydrogen) atoms. The zero-order chi connectivity index (χ0) is 24.4. The Morgan fingerprint density at radius 2 is 1.63 bits per heavy atom. The largest absolute Gasteiger partial charge is 0.454 e. The maximum atomic E-state index is 13.6. The van der Waals surface area contributed by atoms with Crippen LogP contribution < -0.4 is 14.8 Å². The van der Waals surface area contributed by atoms with Crippen molar-refractivity contribution in [2.45, 2.75) is 31.7 Å². The van der Waals surface area contributed by atoms with Crippen LogP contribution in [0.5, 0.6) is 11.5 Å². The number of hydrogen-bond donors (Lipinski definition) is 1. The zero-order valence-corrected chi connectivity index (χ0v) is 19.4. The minimum atomic E-state index is -0.683. The Labute approximate surface area is 203 Å². The Bertz CT molecular complexity index is 1130. The van der Waals surface area contributed by atoms with Gasteiger partial charge in [0.25, 0.3) is 11.8 Å². The van der Waals surface area contributed by atoms with Crippen molar-refractivity contribution >= 4 is 17.7 Å². The van der Waals surface area contributed by atoms with E-state index in [1.165, 1.54) is 18.2 Å². The molecule has 2 aromatic rings. The molecule has 9 heteroatoms. The van der Waals surface area contributed by atoms with Crippen LogP contribution in [0.4, 0.5) is 4.39 Å². The molecule has 3 heterocycles. The van der Waals surface area contributed by atoms with E-state index in [0.717, 1.165) is 12.8 Å². The minimum absolute atomic E-state index is 0.0773. The minimum Gasteiger partial charge on any atom is -0.454 e. The average Bonchev–Trinajstić information content (AvgIpc) is 3.58. The van der Waals surface area contributed by atoms with Crippen LogP contribution in [-0.2, 0) is 4.79 Å². The van der Waals surface area contributed by atoms with Gasteiger partial charge in [-0.25, -0.2) is 4.39 Å². The standard InChI is InChI=1S/C26H28FN3O5/c27-20-5-3-4-19(14-20)25(32)30-12-8-17(9-13-30)23(26(33)29-10-1-2-11-29)28-24(31)18-6-7-21-22(15-18)35-16-34-21/h3-7,14-15,17,23H,1-2,8-13,16H2,(H,28,31)/t23-/m0/s1. The van der Waals surface area contributed by atoms with Gasteiger partial charge in [0.15, 0.2) is 11.5 Å². The Kier molecular flexibility index (Phi) is 6.57. The lowest BCUT2D eigenvalue weighted by atomic mass is 9.88. The van der Waals surface area contributed by atoms with E-state index in [0.29, 0.717) is 61.6 Å². The molecule has 8 nitrogen and oxygen atoms in total. The number of fused-ring (bicyclic) bond motifs is 1. The maximum absolute atomic E-state index is 13.6. The quantitative estimate of drug-likeness (QED) is 0.710. The number of halogens is 1. The molecule has 2 saturated heterocycles. The molecular formula is C26H28FN3O5. The summed E-state index contributed by atoms with van der Waals surface area (Å²) in [6.07, 6.45) is 3.03. The van der Waals surface area contributed by atoms with Gasteiger partial charge in [0.1, 0.15) is 11.9 Å². The van der Waals surface area contributed by atoms with Crippen LogP contribution in [0.25, 0.3) is 0 Å². The summed E-state index contributed by atoms with van der Waals surface area (Å²) in [6.45, 7) is 2.36. The van der Waals surface area contributed by atoms with E-state index in [1.807, 2.05) is 4.90 Å². The normalized spacial score (nSPS) is 18.4. The number of ether oxygens (including phenoxy) is 2. The lowest BCUT2D eigenvalue weighted by Gasteiger charge is -2.37. The first-order chi connectivity index (χ1) is 17.0. The fraction of sp³-hybridized carbons (Fsp3) is 0.423. The van der Waals surface area contributed by atoms with Gasteiger partial charge in [-0.1, -0.05) is 6.07 Å². The first-order valence-corrected chi connectivity index (χ1v) is 12.0. The molecule has 0 bridgehead atoms. The number of amides is 3. The van der Waals surface area contributed by atoms with Gasteiger partial charge in [-0.2, -0.15) is 0 Å². The highest BCUT2D eigenvalue weighted by Crippen LogP contribution is 2.33. The van der Waals surface area contributed by atoms with Crippen LogP contribution >= 0.6 is 0 Å². The first-order valence-electron chi connectivity index (χ1n) is 12.0. The van der Waals surface area contributed by atoms with Crippen LogP contribution in [0.3, 0.4) is 0 Å². The number of carbonyl (C=O) groups excluding carboxylic acids is 3. The second-order valence-electron chi connectivity index (χ2n) is 9.19. The Morgan fingerprint density at radius 3 is 2.37 bits per heavy atom. The molecule has 0 saturated carbocycles. The molecular weight excluding hydrogens is 453 g/mol. The molecule has 3 aliphatic heterocycles. The third-order valence-electron chi connectivity index (χ3n) is 6.97. The molecule has 0 aliphatic carbocycles. The molecule has 0 unspecified atom stereocenters. The van der Waals surface area contributed by atoms with Crippen molar-refractivity contribution in [2.24, 2.45) is 5.92 Å². The number of benzene rings is 2. The van der Waals surface area contributed by atoms with Gasteiger partial charge >= 0.3 is 0 Å². The highest BCUT2D eigenvalue weighted by Gasteiger charge is 2.37. The molecule has 0 radical (unpaired) electrons. The third kappa shape index (κ3) is 4.94. The van der Waals surface area contributed by atoms with Gasteiger partial charge in [0.2, 0.25) is 12.7 Å². The lowest BCUT2D eigenvalue weighted by Crippen LogP contribution is -2.54. The van der Waals surface area contributed by atoms with Gasteiger partial charge in [0.05, 0.1) is 0 Å². The fourth-order valence-corrected chi connectivity index (χ4v) is 5.02. The molecule has 1 atom stereocenters. The predicted molar refractivity (Wildman–Crippen MR) is 125 cm³/mol. The lowest BCUT2D eigenvalue weighted by molar-refractivity contribution is -0.134. The highest BCUT2D eigenvalue weighted by atomic mass is 19.1. The Morgan fingerprint density at radius 1 is 0.886 bits per heavy atom. The molecule has 3 amide bonds. The van der Waals surface area contributed by atoms with E-state index in [2.05, 4.69) is 5.32 Å². The van der Waals surface area contributed by atoms with Gasteiger partial charge < -0.3 is 24.6 Å². The van der Waals surface area contributed by atoms with Crippen molar-refractivity contribution < 1.29 is 28.2 Å². The SMILES string of the molecule is O=C(N[C@H](C(=O)N1CCCC1)C1CCN(C(=O)c2cccc(F)c2)CC1)c1ccc2c(c1)OCO2. The molecule has 184 valence electrons. The second-order valence-corrected chi connectivity index (χ2v) is 9.19. The molecule has 1 N–H and O–H groups in total. The van der Waals surface area contributed by atoms with Crippen LogP contribution in [0.2, 0.25) is 0 Å². The summed E-state index contributed by atoms with van der Waals surface area (Å²) in [5.41, 5.74) is 0.705. The molecule has 2 aromatic carbocycles. The van der Waals surface area contributed by atoms with Gasteiger partial charge in [0, 0.05) is 37.3 Å². The van der Waals surface area contributed by atoms with E-state index in [4.69, 9.17) is 9.47 Å². The molecule has 5 rings (SSSR count). The van der Waals surface area contributed by atoms with Crippen LogP contribution in [0.15, 0.2) is 42.5 Å². The van der Waals surface area contributed by atoms with E-state index in [1.54, 1.807) is 29.2 Å². The summed E-state index contributed by atoms with van der Waals surface area (Å²) in [7, 11) is 0. The van der Waals surface area contributed by atoms with Crippen molar-refractivity contribution in [3.63, 3.8) is 0 Å². The van der Waals surface area contributed by atoms with Crippen LogP contribution in [0.1, 0.15) is 46.4 Å². The van der Waals surface area contributed by atoms with Crippen LogP contribution in [0, 0.1) is 11.7 Å². The fourth-order valence-electron chi connectivity index (χ4n) is 5.02. The average molecular weight is 482 g/mol. The van der Waals surface area contributed by atoms with Crippen molar-refractivity contribution in [3.8, 4) is 11.5 Å². The number of rotatable bonds is 5. The zero-order valence-electron chi connectivity index (χ0n) is 19.4. The molecule has 0 spiro atoms. The summed E-state index contributed by atoms with van der Waals surface area (Å²) in [6, 6.07) is 9.94. The Balaban J connectivity index is 1.29. The van der Waals surface area contributed by atoms with E-state index < -0.39 is 11.9 Å². The van der Waals surface area contributed by atoms with Gasteiger partial charge in [-0.15, -0.1) is 0 Å². The van der Waals surface area contributed by atoms with Gasteiger partial charge in [-0.3, -0.25) is 14.4 Å². The maximum Gasteiger partial charge on any atom is 0.253 e. The highest BCUT2D eigenvalue weighted by molar-refractivity contribution is 5.98. The van der Waals surface area contributed by atoms with E-state index in [-0.39, 0.29) is 30.4 Å². The van der Waals surface area contributed by atoms with Crippen molar-refractivity contribution in [3.05, 3.63) is 59.4 Å². The number of piperidine rings is 1. The van der Waals surface area contributed by atoms with Crippen molar-refractivity contribution in [2.75, 3.05) is 33.0 Å². The Hall–Kier alpha value is -3.62. The monoisotopic (exact) mass is 481 g/mol. The number of nitrogens with one attached hydrogen (secondary N) is 1. The number of hydrogen-bond acceptors (Lipinski definition) is 5. The summed E-state index contributed by atoms with van der Waals surface area (Å²) >= 11 is 0. The topological polar surface area (TPSA) is 88.2 Å². The number of likely N-dealkylation sites (tertiary alicyclic amines) is 2. The van der Waals surface area contributed by atoms with Crippen molar-refractivity contribution in [1.29, 1.82) is 0 Å². The van der Waals surface area contributed by atoms with E-state index in [9.17, 15) is 18.8 Å². The summed E-state index contributed by atoms with van der Waals surface area (Å²) in [4.78, 5) is 42.9. The number of carbonyl (C=O) groups is 3. The summed E-state index contributed by atoms with van der Waals surface area (Å²) in [5.74, 6) is -0.128. The third-order valence-corrected chi connectivity index (χ3v) is 6.97. The van der Waals surface area contributed by atoms with E-state index >= 15 is 0 Å². The predicted octanol–water partition coefficient (Wildman–Crippen LogP) is 2.83. The van der Waals surface area contributed by atoms with Gasteiger partial charge in [-0.05, 0) is 68.0 Å². The molecule has 0 aromatic heterocycles. The van der Waals surface area contributed by atoms with Crippen molar-refractivity contribution in [1.82, 2.24) is 15.1 Å². The molecule has 3 aliphatic rings.